The molecule has 0 saturated carbocycles. The van der Waals surface area contributed by atoms with Crippen molar-refractivity contribution in [1.29, 1.82) is 0 Å². The van der Waals surface area contributed by atoms with Crippen molar-refractivity contribution < 1.29 is 9.13 Å². The van der Waals surface area contributed by atoms with Gasteiger partial charge in [0.05, 0.1) is 17.3 Å². The van der Waals surface area contributed by atoms with Gasteiger partial charge in [-0.3, -0.25) is 0 Å². The normalized spacial score (nSPS) is 12.0. The molecule has 2 nitrogen and oxygen atoms in total. The number of halogens is 2. The molecule has 0 aliphatic carbocycles. The van der Waals surface area contributed by atoms with Crippen LogP contribution in [0.15, 0.2) is 42.5 Å². The third-order valence-corrected chi connectivity index (χ3v) is 3.33. The summed E-state index contributed by atoms with van der Waals surface area (Å²) in [5, 5.41) is 3.48. The minimum Gasteiger partial charge on any atom is -0.494 e. The smallest absolute Gasteiger partial charge is 0.147 e. The Balaban J connectivity index is 2.13. The number of ether oxygens (including phenoxy) is 1. The molecule has 4 heteroatoms. The van der Waals surface area contributed by atoms with Crippen LogP contribution in [-0.2, 0) is 0 Å². The maximum atomic E-state index is 13.7. The lowest BCUT2D eigenvalue weighted by Crippen LogP contribution is -2.08. The molecule has 20 heavy (non-hydrogen) atoms. The first kappa shape index (κ1) is 14.7. The van der Waals surface area contributed by atoms with E-state index in [9.17, 15) is 4.39 Å². The number of nitrogens with one attached hydrogen (secondary N) is 1. The zero-order valence-corrected chi connectivity index (χ0v) is 12.2. The molecule has 1 unspecified atom stereocenters. The van der Waals surface area contributed by atoms with E-state index in [1.807, 2.05) is 38.1 Å². The third-order valence-electron chi connectivity index (χ3n) is 3.01. The van der Waals surface area contributed by atoms with E-state index in [0.717, 1.165) is 11.3 Å². The van der Waals surface area contributed by atoms with Crippen LogP contribution in [-0.4, -0.2) is 6.61 Å². The summed E-state index contributed by atoms with van der Waals surface area (Å²) in [6.07, 6.45) is 0. The quantitative estimate of drug-likeness (QED) is 0.833. The lowest BCUT2D eigenvalue weighted by atomic mass is 10.1. The van der Waals surface area contributed by atoms with Gasteiger partial charge in [-0.05, 0) is 43.7 Å². The Labute approximate surface area is 123 Å². The number of para-hydroxylation sites is 1. The maximum Gasteiger partial charge on any atom is 0.147 e. The highest BCUT2D eigenvalue weighted by Gasteiger charge is 2.11. The Morgan fingerprint density at radius 3 is 2.50 bits per heavy atom. The molecule has 0 aromatic heterocycles. The van der Waals surface area contributed by atoms with Gasteiger partial charge in [-0.2, -0.15) is 0 Å². The topological polar surface area (TPSA) is 21.3 Å². The summed E-state index contributed by atoms with van der Waals surface area (Å²) in [4.78, 5) is 0. The van der Waals surface area contributed by atoms with Crippen LogP contribution in [0.3, 0.4) is 0 Å². The molecule has 0 aliphatic rings. The first-order valence-corrected chi connectivity index (χ1v) is 6.93. The van der Waals surface area contributed by atoms with Crippen molar-refractivity contribution in [3.63, 3.8) is 0 Å². The molecule has 0 radical (unpaired) electrons. The highest BCUT2D eigenvalue weighted by molar-refractivity contribution is 6.33. The Kier molecular flexibility index (Phi) is 4.85. The van der Waals surface area contributed by atoms with Gasteiger partial charge < -0.3 is 10.1 Å². The second-order valence-electron chi connectivity index (χ2n) is 4.46. The number of benzene rings is 2. The minimum atomic E-state index is -0.352. The first-order valence-electron chi connectivity index (χ1n) is 6.55. The van der Waals surface area contributed by atoms with Gasteiger partial charge in [0.25, 0.3) is 0 Å². The Morgan fingerprint density at radius 1 is 1.20 bits per heavy atom. The van der Waals surface area contributed by atoms with Gasteiger partial charge in [0.1, 0.15) is 11.6 Å². The summed E-state index contributed by atoms with van der Waals surface area (Å²) in [5.74, 6) is 0.475. The zero-order valence-electron chi connectivity index (χ0n) is 11.5. The van der Waals surface area contributed by atoms with E-state index < -0.39 is 0 Å². The lowest BCUT2D eigenvalue weighted by Gasteiger charge is -2.17. The van der Waals surface area contributed by atoms with E-state index >= 15 is 0 Å². The molecular formula is C16H17ClFNO. The molecule has 2 aromatic rings. The largest absolute Gasteiger partial charge is 0.494 e. The van der Waals surface area contributed by atoms with Gasteiger partial charge in [0.2, 0.25) is 0 Å². The summed E-state index contributed by atoms with van der Waals surface area (Å²) in [6, 6.07) is 12.3. The zero-order chi connectivity index (χ0) is 14.5. The van der Waals surface area contributed by atoms with Crippen molar-refractivity contribution in [2.45, 2.75) is 19.9 Å². The molecule has 0 bridgehead atoms. The van der Waals surface area contributed by atoms with Crippen molar-refractivity contribution in [3.8, 4) is 5.75 Å². The van der Waals surface area contributed by atoms with E-state index in [1.165, 1.54) is 6.07 Å². The molecule has 106 valence electrons. The van der Waals surface area contributed by atoms with Crippen LogP contribution >= 0.6 is 11.6 Å². The van der Waals surface area contributed by atoms with Crippen molar-refractivity contribution in [2.24, 2.45) is 0 Å². The predicted molar refractivity (Wildman–Crippen MR) is 81.1 cm³/mol. The highest BCUT2D eigenvalue weighted by Crippen LogP contribution is 2.29. The fourth-order valence-electron chi connectivity index (χ4n) is 1.95. The average Bonchev–Trinajstić information content (AvgIpc) is 2.44. The van der Waals surface area contributed by atoms with Crippen LogP contribution in [0.2, 0.25) is 5.02 Å². The first-order chi connectivity index (χ1) is 9.61. The number of hydrogen-bond donors (Lipinski definition) is 1. The minimum absolute atomic E-state index is 0.0555. The van der Waals surface area contributed by atoms with Gasteiger partial charge in [-0.15, -0.1) is 0 Å². The molecule has 0 fully saturated rings. The van der Waals surface area contributed by atoms with E-state index in [-0.39, 0.29) is 11.9 Å². The van der Waals surface area contributed by atoms with Crippen LogP contribution in [0.4, 0.5) is 10.1 Å². The van der Waals surface area contributed by atoms with Crippen molar-refractivity contribution in [3.05, 3.63) is 58.9 Å². The van der Waals surface area contributed by atoms with Crippen LogP contribution in [0.1, 0.15) is 25.5 Å². The van der Waals surface area contributed by atoms with E-state index in [1.54, 1.807) is 12.1 Å². The Hall–Kier alpha value is -1.74. The third kappa shape index (κ3) is 3.42. The van der Waals surface area contributed by atoms with Gasteiger partial charge in [0, 0.05) is 6.04 Å². The van der Waals surface area contributed by atoms with Crippen LogP contribution in [0, 0.1) is 5.82 Å². The molecule has 0 spiro atoms. The van der Waals surface area contributed by atoms with Crippen molar-refractivity contribution in [1.82, 2.24) is 0 Å². The van der Waals surface area contributed by atoms with Gasteiger partial charge in [-0.1, -0.05) is 29.8 Å². The van der Waals surface area contributed by atoms with Gasteiger partial charge in [-0.25, -0.2) is 4.39 Å². The molecule has 1 N–H and O–H groups in total. The molecule has 2 rings (SSSR count). The van der Waals surface area contributed by atoms with Crippen LogP contribution < -0.4 is 10.1 Å². The summed E-state index contributed by atoms with van der Waals surface area (Å²) in [7, 11) is 0. The summed E-state index contributed by atoms with van der Waals surface area (Å²) in [6.45, 7) is 4.54. The molecule has 0 heterocycles. The number of rotatable bonds is 5. The molecule has 2 aromatic carbocycles. The average molecular weight is 294 g/mol. The number of hydrogen-bond acceptors (Lipinski definition) is 2. The molecule has 0 aliphatic heterocycles. The molecular weight excluding hydrogens is 277 g/mol. The fraction of sp³-hybridized carbons (Fsp3) is 0.250. The molecule has 1 atom stereocenters. The Morgan fingerprint density at radius 2 is 1.90 bits per heavy atom. The summed E-state index contributed by atoms with van der Waals surface area (Å²) in [5.41, 5.74) is 1.36. The predicted octanol–water partition coefficient (Wildman–Crippen LogP) is 5.05. The second-order valence-corrected chi connectivity index (χ2v) is 4.87. The van der Waals surface area contributed by atoms with E-state index in [2.05, 4.69) is 5.32 Å². The molecule has 0 amide bonds. The van der Waals surface area contributed by atoms with Crippen LogP contribution in [0.25, 0.3) is 0 Å². The summed E-state index contributed by atoms with van der Waals surface area (Å²) < 4.78 is 19.1. The fourth-order valence-corrected chi connectivity index (χ4v) is 2.17. The van der Waals surface area contributed by atoms with Gasteiger partial charge >= 0.3 is 0 Å². The monoisotopic (exact) mass is 293 g/mol. The van der Waals surface area contributed by atoms with E-state index in [4.69, 9.17) is 16.3 Å². The lowest BCUT2D eigenvalue weighted by molar-refractivity contribution is 0.340. The number of anilines is 1. The second kappa shape index (κ2) is 6.62. The van der Waals surface area contributed by atoms with E-state index in [0.29, 0.717) is 17.3 Å². The molecule has 0 saturated heterocycles. The van der Waals surface area contributed by atoms with Gasteiger partial charge in [0.15, 0.2) is 0 Å². The maximum absolute atomic E-state index is 13.7. The standard InChI is InChI=1S/C16H17ClFNO/c1-3-20-13-9-7-12(8-10-13)11(2)19-16-14(17)5-4-6-15(16)18/h4-11,19H,3H2,1-2H3. The van der Waals surface area contributed by atoms with Crippen molar-refractivity contribution in [2.75, 3.05) is 11.9 Å². The Bertz CT molecular complexity index is 551. The summed E-state index contributed by atoms with van der Waals surface area (Å²) >= 11 is 6.01. The highest BCUT2D eigenvalue weighted by atomic mass is 35.5. The SMILES string of the molecule is CCOc1ccc(C(C)Nc2c(F)cccc2Cl)cc1. The van der Waals surface area contributed by atoms with Crippen LogP contribution in [0.5, 0.6) is 5.75 Å². The van der Waals surface area contributed by atoms with Crippen molar-refractivity contribution >= 4 is 17.3 Å².